The first-order valence-electron chi connectivity index (χ1n) is 12.2. The van der Waals surface area contributed by atoms with Crippen molar-refractivity contribution in [2.75, 3.05) is 24.5 Å². The van der Waals surface area contributed by atoms with Crippen LogP contribution in [0.1, 0.15) is 22.3 Å². The number of halogens is 3. The van der Waals surface area contributed by atoms with E-state index in [2.05, 4.69) is 24.9 Å². The quantitative estimate of drug-likeness (QED) is 0.325. The number of aromatic nitrogens is 6. The second kappa shape index (κ2) is 9.59. The molecule has 0 spiro atoms. The molecule has 2 N–H and O–H groups in total. The van der Waals surface area contributed by atoms with E-state index in [1.807, 2.05) is 6.92 Å². The molecule has 1 fully saturated rings. The van der Waals surface area contributed by atoms with E-state index >= 15 is 0 Å². The van der Waals surface area contributed by atoms with Crippen LogP contribution in [0.3, 0.4) is 0 Å². The number of carbonyl (C=O) groups is 2. The van der Waals surface area contributed by atoms with Crippen LogP contribution < -0.4 is 4.90 Å². The van der Waals surface area contributed by atoms with Crippen molar-refractivity contribution in [1.82, 2.24) is 34.4 Å². The number of carboxylic acids is 1. The molecule has 1 amide bonds. The van der Waals surface area contributed by atoms with Gasteiger partial charge in [0.05, 0.1) is 22.9 Å². The molecule has 6 rings (SSSR count). The van der Waals surface area contributed by atoms with E-state index in [4.69, 9.17) is 0 Å². The fraction of sp³-hybridized carbons (Fsp3) is 0.280. The molecule has 1 aliphatic heterocycles. The second-order valence-corrected chi connectivity index (χ2v) is 10.4. The highest BCUT2D eigenvalue weighted by atomic mass is 32.1. The van der Waals surface area contributed by atoms with Crippen LogP contribution in [0, 0.1) is 0 Å². The van der Waals surface area contributed by atoms with Crippen molar-refractivity contribution >= 4 is 50.4 Å². The Bertz CT molecular complexity index is 1760. The molecule has 0 saturated carbocycles. The summed E-state index contributed by atoms with van der Waals surface area (Å²) in [5.41, 5.74) is 2.08. The van der Waals surface area contributed by atoms with Gasteiger partial charge in [0.25, 0.3) is 0 Å². The third-order valence-corrected chi connectivity index (χ3v) is 7.88. The first-order valence-corrected chi connectivity index (χ1v) is 13.0. The van der Waals surface area contributed by atoms with Gasteiger partial charge >= 0.3 is 12.1 Å². The number of carboxylic acid groups (broad SMARTS) is 1. The zero-order chi connectivity index (χ0) is 28.2. The van der Waals surface area contributed by atoms with Gasteiger partial charge in [0, 0.05) is 31.9 Å². The lowest BCUT2D eigenvalue weighted by atomic mass is 10.2. The number of hydrogen-bond donors (Lipinski definition) is 2. The standard InChI is InChI=1S/C25H21F3N8O3S/c1-13-10-34(7-8-36(13)18(37)11-35-12-30-16-3-2-6-29-21(16)35)22-19(33-24(40-22)25(26,27)28)20-31-15-5-4-14(23(38)39)9-17(15)32-20/h2-6,9,12-13H,7-8,10-11H2,1H3,(H,31,32)(H,38,39)/t13-/m1/s1. The molecule has 1 atom stereocenters. The lowest BCUT2D eigenvalue weighted by Gasteiger charge is -2.40. The number of aromatic amines is 1. The Morgan fingerprint density at radius 2 is 1.98 bits per heavy atom. The fourth-order valence-corrected chi connectivity index (χ4v) is 5.79. The molecule has 0 radical (unpaired) electrons. The molecule has 0 unspecified atom stereocenters. The lowest BCUT2D eigenvalue weighted by Crippen LogP contribution is -2.54. The van der Waals surface area contributed by atoms with Gasteiger partial charge in [0.2, 0.25) is 10.9 Å². The van der Waals surface area contributed by atoms with Gasteiger partial charge in [-0.15, -0.1) is 0 Å². The number of piperazine rings is 1. The first-order chi connectivity index (χ1) is 19.1. The van der Waals surface area contributed by atoms with Crippen LogP contribution in [0.2, 0.25) is 0 Å². The number of aromatic carboxylic acids is 1. The van der Waals surface area contributed by atoms with Crippen molar-refractivity contribution in [3.05, 3.63) is 53.4 Å². The van der Waals surface area contributed by atoms with Crippen molar-refractivity contribution in [3.8, 4) is 11.5 Å². The third kappa shape index (κ3) is 4.61. The summed E-state index contributed by atoms with van der Waals surface area (Å²) in [6.07, 6.45) is -1.47. The third-order valence-electron chi connectivity index (χ3n) is 6.72. The van der Waals surface area contributed by atoms with E-state index < -0.39 is 17.2 Å². The minimum absolute atomic E-state index is 0.0197. The molecule has 1 aliphatic rings. The smallest absolute Gasteiger partial charge is 0.443 e. The predicted molar refractivity (Wildman–Crippen MR) is 140 cm³/mol. The number of hydrogen-bond acceptors (Lipinski definition) is 8. The van der Waals surface area contributed by atoms with E-state index in [1.54, 1.807) is 39.0 Å². The lowest BCUT2D eigenvalue weighted by molar-refractivity contribution is -0.137. The molecular weight excluding hydrogens is 549 g/mol. The number of anilines is 1. The largest absolute Gasteiger partial charge is 0.478 e. The Morgan fingerprint density at radius 1 is 1.15 bits per heavy atom. The normalized spacial score (nSPS) is 16.2. The average Bonchev–Trinajstić information content (AvgIpc) is 3.64. The van der Waals surface area contributed by atoms with Gasteiger partial charge in [-0.2, -0.15) is 13.2 Å². The van der Waals surface area contributed by atoms with Crippen molar-refractivity contribution in [2.24, 2.45) is 0 Å². The number of pyridine rings is 1. The molecule has 4 aromatic heterocycles. The van der Waals surface area contributed by atoms with Crippen LogP contribution in [0.25, 0.3) is 33.7 Å². The maximum atomic E-state index is 13.7. The van der Waals surface area contributed by atoms with E-state index in [0.29, 0.717) is 40.1 Å². The SMILES string of the molecule is C[C@@H]1CN(c2sc(C(F)(F)F)nc2-c2nc3ccc(C(=O)O)cc3[nH]2)CCN1C(=O)Cn1cnc2cccnc21. The summed E-state index contributed by atoms with van der Waals surface area (Å²) in [4.78, 5) is 47.7. The molecule has 40 heavy (non-hydrogen) atoms. The Kier molecular flexibility index (Phi) is 6.17. The number of amides is 1. The van der Waals surface area contributed by atoms with Crippen molar-refractivity contribution in [2.45, 2.75) is 25.7 Å². The van der Waals surface area contributed by atoms with Crippen LogP contribution in [0.4, 0.5) is 18.2 Å². The molecule has 5 heterocycles. The number of thiazole rings is 1. The van der Waals surface area contributed by atoms with Gasteiger partial charge in [-0.05, 0) is 37.3 Å². The number of imidazole rings is 2. The maximum Gasteiger partial charge on any atom is 0.443 e. The number of fused-ring (bicyclic) bond motifs is 2. The van der Waals surface area contributed by atoms with Gasteiger partial charge in [0.1, 0.15) is 22.8 Å². The summed E-state index contributed by atoms with van der Waals surface area (Å²) in [6.45, 7) is 2.74. The molecule has 1 aromatic carbocycles. The minimum Gasteiger partial charge on any atom is -0.478 e. The number of nitrogens with zero attached hydrogens (tertiary/aromatic N) is 7. The van der Waals surface area contributed by atoms with Crippen molar-refractivity contribution in [3.63, 3.8) is 0 Å². The number of alkyl halides is 3. The highest BCUT2D eigenvalue weighted by Gasteiger charge is 2.39. The van der Waals surface area contributed by atoms with Gasteiger partial charge < -0.3 is 24.5 Å². The van der Waals surface area contributed by atoms with E-state index in [9.17, 15) is 27.9 Å². The van der Waals surface area contributed by atoms with Crippen molar-refractivity contribution < 1.29 is 27.9 Å². The zero-order valence-electron chi connectivity index (χ0n) is 20.9. The molecule has 11 nitrogen and oxygen atoms in total. The summed E-state index contributed by atoms with van der Waals surface area (Å²) in [5, 5.41) is 8.52. The van der Waals surface area contributed by atoms with E-state index in [1.165, 1.54) is 18.2 Å². The highest BCUT2D eigenvalue weighted by Crippen LogP contribution is 2.42. The molecule has 15 heteroatoms. The monoisotopic (exact) mass is 570 g/mol. The summed E-state index contributed by atoms with van der Waals surface area (Å²) in [6, 6.07) is 7.50. The summed E-state index contributed by atoms with van der Waals surface area (Å²) in [5.74, 6) is -1.18. The Balaban J connectivity index is 1.27. The van der Waals surface area contributed by atoms with E-state index in [0.717, 1.165) is 0 Å². The molecule has 206 valence electrons. The maximum absolute atomic E-state index is 13.7. The topological polar surface area (TPSA) is 133 Å². The zero-order valence-corrected chi connectivity index (χ0v) is 21.7. The molecule has 5 aromatic rings. The molecule has 0 bridgehead atoms. The number of carbonyl (C=O) groups excluding carboxylic acids is 1. The summed E-state index contributed by atoms with van der Waals surface area (Å²) >= 11 is 0.514. The number of benzene rings is 1. The fourth-order valence-electron chi connectivity index (χ4n) is 4.82. The van der Waals surface area contributed by atoms with Crippen LogP contribution in [0.5, 0.6) is 0 Å². The highest BCUT2D eigenvalue weighted by molar-refractivity contribution is 7.16. The first kappa shape index (κ1) is 25.7. The molecule has 1 saturated heterocycles. The Labute approximate surface area is 227 Å². The second-order valence-electron chi connectivity index (χ2n) is 9.39. The van der Waals surface area contributed by atoms with Crippen LogP contribution in [-0.2, 0) is 17.5 Å². The van der Waals surface area contributed by atoms with Gasteiger partial charge in [-0.1, -0.05) is 11.3 Å². The van der Waals surface area contributed by atoms with Gasteiger partial charge in [-0.3, -0.25) is 4.79 Å². The Hall–Kier alpha value is -4.53. The molecular formula is C25H21F3N8O3S. The predicted octanol–water partition coefficient (Wildman–Crippen LogP) is 3.89. The average molecular weight is 571 g/mol. The number of H-pyrrole nitrogens is 1. The summed E-state index contributed by atoms with van der Waals surface area (Å²) in [7, 11) is 0. The van der Waals surface area contributed by atoms with Gasteiger partial charge in [-0.25, -0.2) is 24.7 Å². The molecule has 0 aliphatic carbocycles. The summed E-state index contributed by atoms with van der Waals surface area (Å²) < 4.78 is 42.8. The minimum atomic E-state index is -4.66. The van der Waals surface area contributed by atoms with Gasteiger partial charge in [0.15, 0.2) is 11.5 Å². The number of rotatable bonds is 5. The van der Waals surface area contributed by atoms with E-state index in [-0.39, 0.29) is 53.7 Å². The van der Waals surface area contributed by atoms with Crippen molar-refractivity contribution in [1.29, 1.82) is 0 Å². The van der Waals surface area contributed by atoms with Crippen LogP contribution in [0.15, 0.2) is 42.9 Å². The number of nitrogens with one attached hydrogen (secondary N) is 1. The van der Waals surface area contributed by atoms with Crippen LogP contribution >= 0.6 is 11.3 Å². The van der Waals surface area contributed by atoms with Crippen LogP contribution in [-0.4, -0.2) is 77.0 Å². The Morgan fingerprint density at radius 3 is 2.73 bits per heavy atom.